The summed E-state index contributed by atoms with van der Waals surface area (Å²) in [5.74, 6) is 1.04. The average Bonchev–Trinajstić information content (AvgIpc) is 2.87. The highest BCUT2D eigenvalue weighted by atomic mass is 15.2. The molecule has 3 unspecified atom stereocenters. The SMILES string of the molecule is CC1(CN2CCC3CCCCC32)CCCN1. The molecule has 16 heavy (non-hydrogen) atoms. The summed E-state index contributed by atoms with van der Waals surface area (Å²) in [5.41, 5.74) is 0.423. The molecule has 2 aliphatic heterocycles. The van der Waals surface area contributed by atoms with E-state index in [1.807, 2.05) is 0 Å². The normalized spacial score (nSPS) is 44.8. The van der Waals surface area contributed by atoms with Crippen LogP contribution in [0.2, 0.25) is 0 Å². The molecule has 0 aromatic carbocycles. The van der Waals surface area contributed by atoms with Gasteiger partial charge in [-0.25, -0.2) is 0 Å². The van der Waals surface area contributed by atoms with Crippen LogP contribution in [0.5, 0.6) is 0 Å². The lowest BCUT2D eigenvalue weighted by atomic mass is 9.85. The fourth-order valence-corrected chi connectivity index (χ4v) is 4.24. The van der Waals surface area contributed by atoms with Crippen LogP contribution in [0.4, 0.5) is 0 Å². The lowest BCUT2D eigenvalue weighted by Crippen LogP contribution is -2.49. The van der Waals surface area contributed by atoms with Gasteiger partial charge in [0.15, 0.2) is 0 Å². The highest BCUT2D eigenvalue weighted by Gasteiger charge is 2.39. The molecule has 2 heteroatoms. The number of hydrogen-bond acceptors (Lipinski definition) is 2. The molecule has 0 radical (unpaired) electrons. The third kappa shape index (κ3) is 2.02. The monoisotopic (exact) mass is 222 g/mol. The minimum absolute atomic E-state index is 0.423. The summed E-state index contributed by atoms with van der Waals surface area (Å²) in [6, 6.07) is 0.938. The van der Waals surface area contributed by atoms with E-state index in [1.54, 1.807) is 0 Å². The van der Waals surface area contributed by atoms with Gasteiger partial charge < -0.3 is 5.32 Å². The third-order valence-electron chi connectivity index (χ3n) is 5.13. The Kier molecular flexibility index (Phi) is 2.97. The molecular formula is C14H26N2. The number of nitrogens with one attached hydrogen (secondary N) is 1. The van der Waals surface area contributed by atoms with Crippen molar-refractivity contribution < 1.29 is 0 Å². The Balaban J connectivity index is 1.62. The standard InChI is InChI=1S/C14H26N2/c1-14(8-4-9-15-14)11-16-10-7-12-5-2-3-6-13(12)16/h12-13,15H,2-11H2,1H3. The second-order valence-electron chi connectivity index (χ2n) is 6.46. The average molecular weight is 222 g/mol. The summed E-state index contributed by atoms with van der Waals surface area (Å²) in [6.45, 7) is 6.33. The molecule has 1 saturated carbocycles. The predicted octanol–water partition coefficient (Wildman–Crippen LogP) is 2.39. The van der Waals surface area contributed by atoms with Crippen molar-refractivity contribution in [3.05, 3.63) is 0 Å². The molecule has 3 atom stereocenters. The van der Waals surface area contributed by atoms with E-state index in [0.717, 1.165) is 12.0 Å². The van der Waals surface area contributed by atoms with Gasteiger partial charge in [-0.15, -0.1) is 0 Å². The fraction of sp³-hybridized carbons (Fsp3) is 1.00. The van der Waals surface area contributed by atoms with Gasteiger partial charge in [-0.2, -0.15) is 0 Å². The van der Waals surface area contributed by atoms with Crippen molar-refractivity contribution in [1.82, 2.24) is 10.2 Å². The Morgan fingerprint density at radius 1 is 1.19 bits per heavy atom. The van der Waals surface area contributed by atoms with Gasteiger partial charge >= 0.3 is 0 Å². The van der Waals surface area contributed by atoms with Crippen molar-refractivity contribution in [2.75, 3.05) is 19.6 Å². The van der Waals surface area contributed by atoms with E-state index >= 15 is 0 Å². The second-order valence-corrected chi connectivity index (χ2v) is 6.46. The van der Waals surface area contributed by atoms with Crippen LogP contribution in [-0.2, 0) is 0 Å². The topological polar surface area (TPSA) is 15.3 Å². The second kappa shape index (κ2) is 4.30. The third-order valence-corrected chi connectivity index (χ3v) is 5.13. The van der Waals surface area contributed by atoms with Gasteiger partial charge in [0.2, 0.25) is 0 Å². The minimum Gasteiger partial charge on any atom is -0.310 e. The molecule has 3 fully saturated rings. The van der Waals surface area contributed by atoms with E-state index in [2.05, 4.69) is 17.1 Å². The molecule has 0 amide bonds. The predicted molar refractivity (Wildman–Crippen MR) is 67.6 cm³/mol. The molecule has 1 N–H and O–H groups in total. The molecule has 3 rings (SSSR count). The molecule has 2 saturated heterocycles. The van der Waals surface area contributed by atoms with Crippen LogP contribution in [0, 0.1) is 5.92 Å². The maximum atomic E-state index is 3.71. The van der Waals surface area contributed by atoms with Gasteiger partial charge in [-0.05, 0) is 58.0 Å². The Labute approximate surface area is 99.8 Å². The van der Waals surface area contributed by atoms with Gasteiger partial charge in [0, 0.05) is 18.1 Å². The van der Waals surface area contributed by atoms with Crippen LogP contribution >= 0.6 is 0 Å². The van der Waals surface area contributed by atoms with Crippen molar-refractivity contribution in [1.29, 1.82) is 0 Å². The summed E-state index contributed by atoms with van der Waals surface area (Å²) in [5, 5.41) is 3.71. The van der Waals surface area contributed by atoms with Gasteiger partial charge in [0.25, 0.3) is 0 Å². The van der Waals surface area contributed by atoms with E-state index in [9.17, 15) is 0 Å². The van der Waals surface area contributed by atoms with Gasteiger partial charge in [0.1, 0.15) is 0 Å². The first kappa shape index (κ1) is 11.0. The van der Waals surface area contributed by atoms with Gasteiger partial charge in [-0.3, -0.25) is 4.90 Å². The van der Waals surface area contributed by atoms with Crippen LogP contribution in [0.3, 0.4) is 0 Å². The Morgan fingerprint density at radius 3 is 2.88 bits per heavy atom. The zero-order valence-electron chi connectivity index (χ0n) is 10.7. The molecule has 2 nitrogen and oxygen atoms in total. The summed E-state index contributed by atoms with van der Waals surface area (Å²) in [4.78, 5) is 2.81. The molecule has 92 valence electrons. The number of likely N-dealkylation sites (tertiary alicyclic amines) is 1. The largest absolute Gasteiger partial charge is 0.310 e. The summed E-state index contributed by atoms with van der Waals surface area (Å²) >= 11 is 0. The smallest absolute Gasteiger partial charge is 0.0281 e. The van der Waals surface area contributed by atoms with Crippen LogP contribution in [0.25, 0.3) is 0 Å². The van der Waals surface area contributed by atoms with Crippen LogP contribution in [0.15, 0.2) is 0 Å². The lowest BCUT2D eigenvalue weighted by Gasteiger charge is -2.37. The number of rotatable bonds is 2. The first-order valence-electron chi connectivity index (χ1n) is 7.26. The van der Waals surface area contributed by atoms with Crippen molar-refractivity contribution >= 4 is 0 Å². The van der Waals surface area contributed by atoms with Crippen molar-refractivity contribution in [2.45, 2.75) is 63.5 Å². The Bertz CT molecular complexity index is 245. The van der Waals surface area contributed by atoms with Gasteiger partial charge in [0.05, 0.1) is 0 Å². The van der Waals surface area contributed by atoms with Crippen molar-refractivity contribution in [3.8, 4) is 0 Å². The summed E-state index contributed by atoms with van der Waals surface area (Å²) in [6.07, 6.45) is 10.2. The molecule has 0 spiro atoms. The highest BCUT2D eigenvalue weighted by molar-refractivity contribution is 4.97. The summed E-state index contributed by atoms with van der Waals surface area (Å²) < 4.78 is 0. The maximum Gasteiger partial charge on any atom is 0.0281 e. The molecule has 2 heterocycles. The van der Waals surface area contributed by atoms with E-state index in [4.69, 9.17) is 0 Å². The zero-order chi connectivity index (χ0) is 11.0. The molecular weight excluding hydrogens is 196 g/mol. The van der Waals surface area contributed by atoms with Crippen molar-refractivity contribution in [2.24, 2.45) is 5.92 Å². The van der Waals surface area contributed by atoms with E-state index < -0.39 is 0 Å². The molecule has 3 aliphatic rings. The Hall–Kier alpha value is -0.0800. The van der Waals surface area contributed by atoms with Crippen molar-refractivity contribution in [3.63, 3.8) is 0 Å². The quantitative estimate of drug-likeness (QED) is 0.772. The van der Waals surface area contributed by atoms with Crippen LogP contribution in [0.1, 0.15) is 51.9 Å². The zero-order valence-corrected chi connectivity index (χ0v) is 10.7. The van der Waals surface area contributed by atoms with E-state index in [0.29, 0.717) is 5.54 Å². The number of fused-ring (bicyclic) bond motifs is 1. The first-order valence-corrected chi connectivity index (χ1v) is 7.26. The number of hydrogen-bond donors (Lipinski definition) is 1. The molecule has 1 aliphatic carbocycles. The molecule has 0 aromatic heterocycles. The Morgan fingerprint density at radius 2 is 2.06 bits per heavy atom. The maximum absolute atomic E-state index is 3.71. The van der Waals surface area contributed by atoms with Crippen LogP contribution < -0.4 is 5.32 Å². The fourth-order valence-electron chi connectivity index (χ4n) is 4.24. The molecule has 0 aromatic rings. The van der Waals surface area contributed by atoms with E-state index in [1.165, 1.54) is 64.6 Å². The van der Waals surface area contributed by atoms with Crippen LogP contribution in [-0.4, -0.2) is 36.1 Å². The number of nitrogens with zero attached hydrogens (tertiary/aromatic N) is 1. The minimum atomic E-state index is 0.423. The first-order chi connectivity index (χ1) is 7.77. The molecule has 0 bridgehead atoms. The highest BCUT2D eigenvalue weighted by Crippen LogP contribution is 2.37. The summed E-state index contributed by atoms with van der Waals surface area (Å²) in [7, 11) is 0. The van der Waals surface area contributed by atoms with Gasteiger partial charge in [-0.1, -0.05) is 12.8 Å². The van der Waals surface area contributed by atoms with E-state index in [-0.39, 0.29) is 0 Å². The lowest BCUT2D eigenvalue weighted by molar-refractivity contribution is 0.145.